The van der Waals surface area contributed by atoms with Crippen LogP contribution in [0.5, 0.6) is 0 Å². The average molecular weight is 372 g/mol. The Morgan fingerprint density at radius 3 is 2.56 bits per heavy atom. The number of thiazole rings is 1. The molecule has 2 amide bonds. The van der Waals surface area contributed by atoms with E-state index in [0.29, 0.717) is 11.6 Å². The van der Waals surface area contributed by atoms with Gasteiger partial charge in [0.1, 0.15) is 11.8 Å². The van der Waals surface area contributed by atoms with E-state index in [1.54, 1.807) is 10.3 Å². The highest BCUT2D eigenvalue weighted by molar-refractivity contribution is 7.13. The first-order valence-electron chi connectivity index (χ1n) is 8.30. The third kappa shape index (κ3) is 6.97. The minimum atomic E-state index is -1.19. The lowest BCUT2D eigenvalue weighted by atomic mass is 9.99. The zero-order valence-electron chi connectivity index (χ0n) is 15.2. The van der Waals surface area contributed by atoms with Gasteiger partial charge in [-0.3, -0.25) is 9.59 Å². The number of carbonyl (C=O) groups excluding carboxylic acids is 2. The largest absolute Gasteiger partial charge is 0.388 e. The van der Waals surface area contributed by atoms with Crippen molar-refractivity contribution in [2.45, 2.75) is 51.4 Å². The molecule has 8 nitrogen and oxygen atoms in total. The van der Waals surface area contributed by atoms with Gasteiger partial charge in [0.25, 0.3) is 5.91 Å². The summed E-state index contributed by atoms with van der Waals surface area (Å²) in [6.45, 7) is 3.24. The van der Waals surface area contributed by atoms with Crippen LogP contribution in [0.4, 0.5) is 5.13 Å². The van der Waals surface area contributed by atoms with Crippen LogP contribution >= 0.6 is 11.3 Å². The van der Waals surface area contributed by atoms with Crippen molar-refractivity contribution in [3.8, 4) is 0 Å². The molecule has 1 aromatic heterocycles. The molecule has 0 radical (unpaired) electrons. The van der Waals surface area contributed by atoms with Crippen molar-refractivity contribution >= 4 is 28.3 Å². The molecule has 0 fully saturated rings. The number of aromatic nitrogens is 1. The predicted molar refractivity (Wildman–Crippen MR) is 97.9 cm³/mol. The molecule has 0 bridgehead atoms. The molecule has 0 aliphatic heterocycles. The Labute approximate surface area is 152 Å². The van der Waals surface area contributed by atoms with Gasteiger partial charge in [0.15, 0.2) is 5.13 Å². The first-order chi connectivity index (χ1) is 11.8. The van der Waals surface area contributed by atoms with Crippen LogP contribution in [0.2, 0.25) is 0 Å². The van der Waals surface area contributed by atoms with Gasteiger partial charge in [-0.2, -0.15) is 0 Å². The molecule has 25 heavy (non-hydrogen) atoms. The highest BCUT2D eigenvalue weighted by Crippen LogP contribution is 2.17. The molecular weight excluding hydrogens is 344 g/mol. The van der Waals surface area contributed by atoms with E-state index in [0.717, 1.165) is 12.8 Å². The van der Waals surface area contributed by atoms with Gasteiger partial charge in [-0.25, -0.2) is 4.98 Å². The number of nitrogens with zero attached hydrogens (tertiary/aromatic N) is 2. The Bertz CT molecular complexity index is 564. The molecule has 0 spiro atoms. The van der Waals surface area contributed by atoms with E-state index in [-0.39, 0.29) is 18.1 Å². The molecule has 3 unspecified atom stereocenters. The van der Waals surface area contributed by atoms with Crippen LogP contribution in [0, 0.1) is 0 Å². The number of aliphatic hydroxyl groups is 2. The molecule has 0 aromatic carbocycles. The monoisotopic (exact) mass is 372 g/mol. The van der Waals surface area contributed by atoms with E-state index >= 15 is 0 Å². The minimum Gasteiger partial charge on any atom is -0.388 e. The number of hydrogen-bond acceptors (Lipinski definition) is 7. The molecule has 1 heterocycles. The fourth-order valence-electron chi connectivity index (χ4n) is 2.26. The van der Waals surface area contributed by atoms with Gasteiger partial charge in [0, 0.05) is 32.9 Å². The zero-order chi connectivity index (χ0) is 19.0. The third-order valence-corrected chi connectivity index (χ3v) is 4.65. The average Bonchev–Trinajstić information content (AvgIpc) is 3.05. The Hall–Kier alpha value is -1.71. The minimum absolute atomic E-state index is 0.128. The van der Waals surface area contributed by atoms with Crippen molar-refractivity contribution < 1.29 is 19.8 Å². The third-order valence-electron chi connectivity index (χ3n) is 3.64. The second-order valence-electron chi connectivity index (χ2n) is 6.13. The first kappa shape index (κ1) is 21.3. The van der Waals surface area contributed by atoms with Crippen LogP contribution in [-0.4, -0.2) is 65.9 Å². The maximum absolute atomic E-state index is 12.1. The number of amides is 2. The van der Waals surface area contributed by atoms with E-state index in [2.05, 4.69) is 15.6 Å². The molecule has 0 saturated carbocycles. The van der Waals surface area contributed by atoms with Gasteiger partial charge in [0.05, 0.1) is 12.1 Å². The lowest BCUT2D eigenvalue weighted by Crippen LogP contribution is -2.51. The standard InChI is InChI=1S/C16H28N4O4S/c1-5-6-7-11(18-10(2)21)14(23)13(22)8-17-15(24)12-9-25-16(19-12)20(3)4/h9,11,13-14,22-23H,5-8H2,1-4H3,(H,17,24)(H,18,21). The maximum Gasteiger partial charge on any atom is 0.270 e. The van der Waals surface area contributed by atoms with Crippen LogP contribution in [0.25, 0.3) is 0 Å². The summed E-state index contributed by atoms with van der Waals surface area (Å²) in [5.74, 6) is -0.685. The van der Waals surface area contributed by atoms with Crippen LogP contribution in [0.15, 0.2) is 5.38 Å². The molecule has 0 aliphatic rings. The summed E-state index contributed by atoms with van der Waals surface area (Å²) in [6.07, 6.45) is -0.0744. The predicted octanol–water partition coefficient (Wildman–Crippen LogP) is 0.356. The van der Waals surface area contributed by atoms with Gasteiger partial charge < -0.3 is 25.7 Å². The number of nitrogens with one attached hydrogen (secondary N) is 2. The summed E-state index contributed by atoms with van der Waals surface area (Å²) in [4.78, 5) is 29.3. The smallest absolute Gasteiger partial charge is 0.270 e. The lowest BCUT2D eigenvalue weighted by molar-refractivity contribution is -0.121. The summed E-state index contributed by atoms with van der Waals surface area (Å²) in [5.41, 5.74) is 0.264. The van der Waals surface area contributed by atoms with Gasteiger partial charge in [0.2, 0.25) is 5.91 Å². The van der Waals surface area contributed by atoms with Crippen LogP contribution in [0.1, 0.15) is 43.6 Å². The molecule has 3 atom stereocenters. The number of rotatable bonds is 10. The molecule has 0 aliphatic carbocycles. The number of carbonyl (C=O) groups is 2. The Balaban J connectivity index is 2.58. The fourth-order valence-corrected chi connectivity index (χ4v) is 3.00. The Morgan fingerprint density at radius 1 is 1.36 bits per heavy atom. The molecular formula is C16H28N4O4S. The topological polar surface area (TPSA) is 115 Å². The van der Waals surface area contributed by atoms with Gasteiger partial charge in [-0.15, -0.1) is 11.3 Å². The van der Waals surface area contributed by atoms with E-state index < -0.39 is 24.2 Å². The summed E-state index contributed by atoms with van der Waals surface area (Å²) >= 11 is 1.34. The van der Waals surface area contributed by atoms with E-state index in [4.69, 9.17) is 0 Å². The molecule has 9 heteroatoms. The van der Waals surface area contributed by atoms with Gasteiger partial charge >= 0.3 is 0 Å². The number of hydrogen-bond donors (Lipinski definition) is 4. The Kier molecular flexibility index (Phi) is 8.81. The molecule has 0 saturated heterocycles. The number of unbranched alkanes of at least 4 members (excludes halogenated alkanes) is 1. The summed E-state index contributed by atoms with van der Waals surface area (Å²) < 4.78 is 0. The molecule has 4 N–H and O–H groups in total. The van der Waals surface area contributed by atoms with Gasteiger partial charge in [-0.05, 0) is 6.42 Å². The SMILES string of the molecule is CCCCC(NC(C)=O)C(O)C(O)CNC(=O)c1csc(N(C)C)n1. The second-order valence-corrected chi connectivity index (χ2v) is 6.96. The van der Waals surface area contributed by atoms with Crippen molar-refractivity contribution in [2.75, 3.05) is 25.5 Å². The Morgan fingerprint density at radius 2 is 2.04 bits per heavy atom. The van der Waals surface area contributed by atoms with Crippen LogP contribution in [-0.2, 0) is 4.79 Å². The highest BCUT2D eigenvalue weighted by Gasteiger charge is 2.27. The number of aliphatic hydroxyl groups excluding tert-OH is 2. The van der Waals surface area contributed by atoms with E-state index in [1.807, 2.05) is 21.0 Å². The molecule has 1 rings (SSSR count). The van der Waals surface area contributed by atoms with Crippen LogP contribution < -0.4 is 15.5 Å². The summed E-state index contributed by atoms with van der Waals surface area (Å²) in [6, 6.07) is -0.552. The zero-order valence-corrected chi connectivity index (χ0v) is 16.0. The number of anilines is 1. The summed E-state index contributed by atoms with van der Waals surface area (Å²) in [7, 11) is 3.66. The maximum atomic E-state index is 12.1. The first-order valence-corrected chi connectivity index (χ1v) is 9.18. The van der Waals surface area contributed by atoms with Crippen molar-refractivity contribution in [1.82, 2.24) is 15.6 Å². The molecule has 1 aromatic rings. The van der Waals surface area contributed by atoms with Crippen LogP contribution in [0.3, 0.4) is 0 Å². The van der Waals surface area contributed by atoms with E-state index in [9.17, 15) is 19.8 Å². The second kappa shape index (κ2) is 10.3. The normalized spacial score (nSPS) is 14.5. The fraction of sp³-hybridized carbons (Fsp3) is 0.688. The van der Waals surface area contributed by atoms with Crippen molar-refractivity contribution in [3.63, 3.8) is 0 Å². The van der Waals surface area contributed by atoms with Crippen molar-refractivity contribution in [3.05, 3.63) is 11.1 Å². The van der Waals surface area contributed by atoms with Crippen molar-refractivity contribution in [1.29, 1.82) is 0 Å². The lowest BCUT2D eigenvalue weighted by Gasteiger charge is -2.27. The summed E-state index contributed by atoms with van der Waals surface area (Å²) in [5, 5.41) is 28.0. The van der Waals surface area contributed by atoms with Gasteiger partial charge in [-0.1, -0.05) is 19.8 Å². The highest BCUT2D eigenvalue weighted by atomic mass is 32.1. The quantitative estimate of drug-likeness (QED) is 0.471. The molecule has 142 valence electrons. The van der Waals surface area contributed by atoms with E-state index in [1.165, 1.54) is 18.3 Å². The van der Waals surface area contributed by atoms with Crippen molar-refractivity contribution in [2.24, 2.45) is 0 Å².